The molecule has 11 aromatic rings. The normalized spacial score (nSPS) is 11.7. The van der Waals surface area contributed by atoms with E-state index in [1.54, 1.807) is 0 Å². The van der Waals surface area contributed by atoms with Gasteiger partial charge in [0.1, 0.15) is 0 Å². The van der Waals surface area contributed by atoms with Crippen LogP contribution in [0.5, 0.6) is 0 Å². The van der Waals surface area contributed by atoms with E-state index in [4.69, 9.17) is 4.98 Å². The molecule has 0 unspecified atom stereocenters. The number of hydrogen-bond acceptors (Lipinski definition) is 2. The zero-order chi connectivity index (χ0) is 35.6. The molecule has 2 nitrogen and oxygen atoms in total. The van der Waals surface area contributed by atoms with Crippen molar-refractivity contribution in [2.45, 2.75) is 0 Å². The van der Waals surface area contributed by atoms with Crippen LogP contribution in [-0.4, -0.2) is 9.97 Å². The van der Waals surface area contributed by atoms with Crippen molar-refractivity contribution in [2.24, 2.45) is 0 Å². The fourth-order valence-electron chi connectivity index (χ4n) is 8.72. The summed E-state index contributed by atoms with van der Waals surface area (Å²) in [6, 6.07) is 66.4. The second-order valence-corrected chi connectivity index (χ2v) is 14.1. The van der Waals surface area contributed by atoms with E-state index in [2.05, 4.69) is 169 Å². The van der Waals surface area contributed by atoms with Crippen LogP contribution >= 0.6 is 0 Å². The second kappa shape index (κ2) is 12.2. The molecule has 11 rings (SSSR count). The first kappa shape index (κ1) is 30.5. The molecule has 0 amide bonds. The smallest absolute Gasteiger partial charge is 0.0892 e. The number of aromatic nitrogens is 2. The van der Waals surface area contributed by atoms with Crippen LogP contribution in [0.1, 0.15) is 0 Å². The van der Waals surface area contributed by atoms with Gasteiger partial charge < -0.3 is 0 Å². The minimum Gasteiger partial charge on any atom is -0.255 e. The van der Waals surface area contributed by atoms with Gasteiger partial charge in [-0.1, -0.05) is 140 Å². The lowest BCUT2D eigenvalue weighted by Crippen LogP contribution is -1.94. The first-order valence-electron chi connectivity index (χ1n) is 18.5. The molecular formula is C52H32N2. The first-order chi connectivity index (χ1) is 26.8. The maximum absolute atomic E-state index is 4.71. The minimum absolute atomic E-state index is 0.857. The van der Waals surface area contributed by atoms with Gasteiger partial charge in [-0.15, -0.1) is 0 Å². The van der Waals surface area contributed by atoms with Crippen molar-refractivity contribution in [3.8, 4) is 44.8 Å². The molecule has 0 aliphatic heterocycles. The van der Waals surface area contributed by atoms with E-state index >= 15 is 0 Å². The van der Waals surface area contributed by atoms with Gasteiger partial charge in [-0.3, -0.25) is 9.97 Å². The Hall–Kier alpha value is -7.16. The maximum atomic E-state index is 4.71. The van der Waals surface area contributed by atoms with E-state index in [0.717, 1.165) is 22.5 Å². The predicted octanol–water partition coefficient (Wildman–Crippen LogP) is 14.1. The van der Waals surface area contributed by atoms with Crippen LogP contribution < -0.4 is 0 Å². The lowest BCUT2D eigenvalue weighted by molar-refractivity contribution is 1.25. The summed E-state index contributed by atoms with van der Waals surface area (Å²) in [6.07, 6.45) is 3.72. The molecule has 0 spiro atoms. The Labute approximate surface area is 312 Å². The molecule has 0 saturated heterocycles. The molecule has 0 aliphatic carbocycles. The molecule has 0 fully saturated rings. The number of nitrogens with zero attached hydrogens (tertiary/aromatic N) is 2. The van der Waals surface area contributed by atoms with Crippen LogP contribution in [-0.2, 0) is 0 Å². The van der Waals surface area contributed by atoms with Gasteiger partial charge in [-0.05, 0) is 140 Å². The Morgan fingerprint density at radius 1 is 0.259 bits per heavy atom. The maximum Gasteiger partial charge on any atom is 0.0892 e. The van der Waals surface area contributed by atoms with Crippen molar-refractivity contribution in [1.29, 1.82) is 0 Å². The zero-order valence-corrected chi connectivity index (χ0v) is 29.4. The Morgan fingerprint density at radius 3 is 1.31 bits per heavy atom. The summed E-state index contributed by atoms with van der Waals surface area (Å²) in [6.45, 7) is 0. The van der Waals surface area contributed by atoms with E-state index in [9.17, 15) is 0 Å². The van der Waals surface area contributed by atoms with Crippen molar-refractivity contribution >= 4 is 64.6 Å². The molecule has 2 heterocycles. The van der Waals surface area contributed by atoms with Crippen molar-refractivity contribution in [3.05, 3.63) is 194 Å². The van der Waals surface area contributed by atoms with Crippen LogP contribution in [0.15, 0.2) is 194 Å². The van der Waals surface area contributed by atoms with Gasteiger partial charge in [0.05, 0.1) is 11.4 Å². The lowest BCUT2D eigenvalue weighted by Gasteiger charge is -2.21. The Balaban J connectivity index is 1.30. The molecule has 2 aromatic heterocycles. The van der Waals surface area contributed by atoms with E-state index in [-0.39, 0.29) is 0 Å². The van der Waals surface area contributed by atoms with Gasteiger partial charge in [0.15, 0.2) is 0 Å². The monoisotopic (exact) mass is 684 g/mol. The quantitative estimate of drug-likeness (QED) is 0.136. The SMILES string of the molecule is c1ccc(-c2cc(-c3ccc4c(-c5cc6ccccc6c6ccccc56)c5ccccc5c(-c5cc6ccccc6c6ccccc56)c4c3)ccn2)nc1. The molecule has 0 aliphatic rings. The molecule has 0 N–H and O–H groups in total. The largest absolute Gasteiger partial charge is 0.255 e. The lowest BCUT2D eigenvalue weighted by atomic mass is 9.81. The Kier molecular flexibility index (Phi) is 6.90. The molecule has 2 heteroatoms. The van der Waals surface area contributed by atoms with Crippen molar-refractivity contribution < 1.29 is 0 Å². The van der Waals surface area contributed by atoms with Gasteiger partial charge in [0.25, 0.3) is 0 Å². The van der Waals surface area contributed by atoms with E-state index < -0.39 is 0 Å². The predicted molar refractivity (Wildman–Crippen MR) is 229 cm³/mol. The van der Waals surface area contributed by atoms with Crippen molar-refractivity contribution in [1.82, 2.24) is 9.97 Å². The number of hydrogen-bond donors (Lipinski definition) is 0. The van der Waals surface area contributed by atoms with E-state index in [1.807, 2.05) is 30.6 Å². The van der Waals surface area contributed by atoms with Crippen LogP contribution in [0.2, 0.25) is 0 Å². The minimum atomic E-state index is 0.857. The third-order valence-corrected chi connectivity index (χ3v) is 11.1. The third-order valence-electron chi connectivity index (χ3n) is 11.1. The van der Waals surface area contributed by atoms with Crippen LogP contribution in [0, 0.1) is 0 Å². The van der Waals surface area contributed by atoms with Gasteiger partial charge in [-0.2, -0.15) is 0 Å². The Bertz CT molecular complexity index is 3270. The molecule has 0 bridgehead atoms. The molecule has 0 radical (unpaired) electrons. The second-order valence-electron chi connectivity index (χ2n) is 14.1. The van der Waals surface area contributed by atoms with Gasteiger partial charge in [0.2, 0.25) is 0 Å². The first-order valence-corrected chi connectivity index (χ1v) is 18.5. The third kappa shape index (κ3) is 4.74. The van der Waals surface area contributed by atoms with Crippen molar-refractivity contribution in [2.75, 3.05) is 0 Å². The fraction of sp³-hybridized carbons (Fsp3) is 0. The molecule has 0 saturated carbocycles. The van der Waals surface area contributed by atoms with Gasteiger partial charge in [-0.25, -0.2) is 0 Å². The number of fused-ring (bicyclic) bond motifs is 8. The summed E-state index contributed by atoms with van der Waals surface area (Å²) in [4.78, 5) is 9.32. The highest BCUT2D eigenvalue weighted by Gasteiger charge is 2.21. The highest BCUT2D eigenvalue weighted by atomic mass is 14.8. The highest BCUT2D eigenvalue weighted by molar-refractivity contribution is 6.28. The van der Waals surface area contributed by atoms with E-state index in [0.29, 0.717) is 0 Å². The van der Waals surface area contributed by atoms with E-state index in [1.165, 1.54) is 86.9 Å². The molecule has 0 atom stereocenters. The summed E-state index contributed by atoms with van der Waals surface area (Å²) < 4.78 is 0. The summed E-state index contributed by atoms with van der Waals surface area (Å²) in [5.41, 5.74) is 8.95. The van der Waals surface area contributed by atoms with Gasteiger partial charge >= 0.3 is 0 Å². The zero-order valence-electron chi connectivity index (χ0n) is 29.4. The molecule has 250 valence electrons. The number of benzene rings is 9. The van der Waals surface area contributed by atoms with Gasteiger partial charge in [0, 0.05) is 12.4 Å². The molecule has 54 heavy (non-hydrogen) atoms. The van der Waals surface area contributed by atoms with Crippen molar-refractivity contribution in [3.63, 3.8) is 0 Å². The summed E-state index contributed by atoms with van der Waals surface area (Å²) in [5.74, 6) is 0. The summed E-state index contributed by atoms with van der Waals surface area (Å²) in [7, 11) is 0. The average Bonchev–Trinajstić information content (AvgIpc) is 3.25. The molecule has 9 aromatic carbocycles. The number of rotatable bonds is 4. The van der Waals surface area contributed by atoms with Crippen LogP contribution in [0.25, 0.3) is 109 Å². The van der Waals surface area contributed by atoms with Crippen LogP contribution in [0.4, 0.5) is 0 Å². The van der Waals surface area contributed by atoms with Crippen LogP contribution in [0.3, 0.4) is 0 Å². The fourth-order valence-corrected chi connectivity index (χ4v) is 8.72. The molecular weight excluding hydrogens is 653 g/mol. The topological polar surface area (TPSA) is 25.8 Å². The summed E-state index contributed by atoms with van der Waals surface area (Å²) in [5, 5.41) is 15.0. The Morgan fingerprint density at radius 2 is 0.722 bits per heavy atom. The standard InChI is InChI=1S/C52H32N2/c1-3-15-37-35(13-1)30-46(41-19-7-5-17-39(37)41)51-43-21-9-10-22-44(43)52(47-31-36-14-2-4-16-38(36)40-18-6-8-20-42(40)47)48-29-33(24-25-45(48)51)34-26-28-54-50(32-34)49-23-11-12-27-53-49/h1-32H. The average molecular weight is 685 g/mol. The summed E-state index contributed by atoms with van der Waals surface area (Å²) >= 11 is 0. The highest BCUT2D eigenvalue weighted by Crippen LogP contribution is 2.49. The number of pyridine rings is 2.